The number of aromatic nitrogens is 3. The molecule has 1 aliphatic carbocycles. The van der Waals surface area contributed by atoms with Gasteiger partial charge in [-0.05, 0) is 51.7 Å². The monoisotopic (exact) mass is 411 g/mol. The van der Waals surface area contributed by atoms with E-state index in [0.29, 0.717) is 30.9 Å². The molecule has 0 bridgehead atoms. The lowest BCUT2D eigenvalue weighted by atomic mass is 9.78. The summed E-state index contributed by atoms with van der Waals surface area (Å²) in [5.74, 6) is 2.28. The second kappa shape index (κ2) is 8.08. The Balaban J connectivity index is 1.34. The van der Waals surface area contributed by atoms with Gasteiger partial charge in [0.25, 0.3) is 5.91 Å². The summed E-state index contributed by atoms with van der Waals surface area (Å²) in [6, 6.07) is 7.42. The van der Waals surface area contributed by atoms with Gasteiger partial charge < -0.3 is 15.0 Å². The van der Waals surface area contributed by atoms with Crippen molar-refractivity contribution in [2.75, 3.05) is 20.1 Å². The van der Waals surface area contributed by atoms with Gasteiger partial charge in [0.1, 0.15) is 23.0 Å². The van der Waals surface area contributed by atoms with Gasteiger partial charge >= 0.3 is 0 Å². The molecule has 0 radical (unpaired) electrons. The molecule has 30 heavy (non-hydrogen) atoms. The number of fused-ring (bicyclic) bond motifs is 1. The van der Waals surface area contributed by atoms with Crippen molar-refractivity contribution in [3.8, 4) is 5.75 Å². The lowest BCUT2D eigenvalue weighted by Crippen LogP contribution is -2.49. The number of aryl methyl sites for hydroxylation is 2. The molecule has 1 aromatic heterocycles. The maximum atomic E-state index is 12.7. The van der Waals surface area contributed by atoms with E-state index in [-0.39, 0.29) is 17.7 Å². The summed E-state index contributed by atoms with van der Waals surface area (Å²) >= 11 is 0. The van der Waals surface area contributed by atoms with Crippen LogP contribution in [0.15, 0.2) is 24.3 Å². The Hall–Kier alpha value is -2.90. The van der Waals surface area contributed by atoms with Crippen molar-refractivity contribution in [3.63, 3.8) is 0 Å². The van der Waals surface area contributed by atoms with Crippen molar-refractivity contribution in [1.82, 2.24) is 25.0 Å². The number of amides is 2. The number of rotatable bonds is 4. The first-order valence-electron chi connectivity index (χ1n) is 10.6. The minimum absolute atomic E-state index is 0.0130. The van der Waals surface area contributed by atoms with Gasteiger partial charge in [-0.2, -0.15) is 5.10 Å². The molecule has 2 aliphatic rings. The van der Waals surface area contributed by atoms with Gasteiger partial charge in [-0.25, -0.2) is 9.67 Å². The van der Waals surface area contributed by atoms with Gasteiger partial charge in [0.2, 0.25) is 5.91 Å². The average Bonchev–Trinajstić information content (AvgIpc) is 3.00. The van der Waals surface area contributed by atoms with Crippen LogP contribution in [0.25, 0.3) is 0 Å². The summed E-state index contributed by atoms with van der Waals surface area (Å²) in [7, 11) is 1.82. The Labute approximate surface area is 176 Å². The highest BCUT2D eigenvalue weighted by Gasteiger charge is 2.43. The number of benzene rings is 1. The molecule has 4 rings (SSSR count). The highest BCUT2D eigenvalue weighted by molar-refractivity contribution is 5.97. The molecule has 0 unspecified atom stereocenters. The Morgan fingerprint density at radius 2 is 2.00 bits per heavy atom. The standard InChI is InChI=1S/C22H29N5O3/c1-15-24-16(2)27(25-15)13-12-23-20(28)17-8-10-22(11-9-17)14-26(3)21(29)18-6-4-5-7-19(18)30-22/h4-7,17H,8-14H2,1-3H3,(H,23,28). The second-order valence-electron chi connectivity index (χ2n) is 8.44. The molecule has 2 aromatic rings. The predicted octanol–water partition coefficient (Wildman–Crippen LogP) is 2.10. The molecule has 1 N–H and O–H groups in total. The van der Waals surface area contributed by atoms with Crippen LogP contribution < -0.4 is 10.1 Å². The first-order chi connectivity index (χ1) is 14.4. The molecule has 0 saturated heterocycles. The fourth-order valence-electron chi connectivity index (χ4n) is 4.58. The minimum Gasteiger partial charge on any atom is -0.485 e. The van der Waals surface area contributed by atoms with Crippen molar-refractivity contribution in [3.05, 3.63) is 41.5 Å². The summed E-state index contributed by atoms with van der Waals surface area (Å²) in [5, 5.41) is 7.36. The Bertz CT molecular complexity index is 946. The molecule has 1 fully saturated rings. The van der Waals surface area contributed by atoms with E-state index < -0.39 is 5.60 Å². The van der Waals surface area contributed by atoms with Crippen LogP contribution in [0.4, 0.5) is 0 Å². The molecule has 8 heteroatoms. The maximum absolute atomic E-state index is 12.7. The van der Waals surface area contributed by atoms with Crippen molar-refractivity contribution in [2.24, 2.45) is 5.92 Å². The van der Waals surface area contributed by atoms with E-state index in [0.717, 1.165) is 37.3 Å². The third kappa shape index (κ3) is 4.04. The second-order valence-corrected chi connectivity index (χ2v) is 8.44. The number of hydrogen-bond donors (Lipinski definition) is 1. The summed E-state index contributed by atoms with van der Waals surface area (Å²) in [6.07, 6.45) is 2.99. The molecule has 2 amide bonds. The third-order valence-electron chi connectivity index (χ3n) is 6.17. The van der Waals surface area contributed by atoms with Gasteiger partial charge in [-0.1, -0.05) is 12.1 Å². The highest BCUT2D eigenvalue weighted by Crippen LogP contribution is 2.39. The quantitative estimate of drug-likeness (QED) is 0.832. The van der Waals surface area contributed by atoms with Crippen LogP contribution in [-0.4, -0.2) is 57.2 Å². The van der Waals surface area contributed by atoms with Gasteiger partial charge in [0, 0.05) is 19.5 Å². The lowest BCUT2D eigenvalue weighted by molar-refractivity contribution is -0.127. The molecule has 160 valence electrons. The van der Waals surface area contributed by atoms with E-state index >= 15 is 0 Å². The summed E-state index contributed by atoms with van der Waals surface area (Å²) in [4.78, 5) is 31.4. The van der Waals surface area contributed by atoms with Crippen molar-refractivity contribution in [2.45, 2.75) is 51.7 Å². The maximum Gasteiger partial charge on any atom is 0.257 e. The van der Waals surface area contributed by atoms with Crippen molar-refractivity contribution < 1.29 is 14.3 Å². The number of hydrogen-bond acceptors (Lipinski definition) is 5. The molecule has 0 atom stereocenters. The van der Waals surface area contributed by atoms with E-state index in [9.17, 15) is 9.59 Å². The van der Waals surface area contributed by atoms with E-state index in [1.54, 1.807) is 4.90 Å². The normalized spacial score (nSPS) is 23.6. The van der Waals surface area contributed by atoms with Crippen LogP contribution in [0.5, 0.6) is 5.75 Å². The number of carbonyl (C=O) groups excluding carboxylic acids is 2. The zero-order chi connectivity index (χ0) is 21.3. The largest absolute Gasteiger partial charge is 0.485 e. The molecule has 2 heterocycles. The molecule has 1 aliphatic heterocycles. The molecule has 1 spiro atoms. The van der Waals surface area contributed by atoms with Crippen LogP contribution in [0.2, 0.25) is 0 Å². The summed E-state index contributed by atoms with van der Waals surface area (Å²) in [5.41, 5.74) is 0.179. The number of ether oxygens (including phenoxy) is 1. The van der Waals surface area contributed by atoms with E-state index in [1.165, 1.54) is 0 Å². The first kappa shape index (κ1) is 20.4. The number of para-hydroxylation sites is 1. The van der Waals surface area contributed by atoms with Gasteiger partial charge in [-0.3, -0.25) is 9.59 Å². The number of carbonyl (C=O) groups is 2. The smallest absolute Gasteiger partial charge is 0.257 e. The molecule has 1 saturated carbocycles. The summed E-state index contributed by atoms with van der Waals surface area (Å²) < 4.78 is 8.21. The van der Waals surface area contributed by atoms with Crippen LogP contribution in [0, 0.1) is 19.8 Å². The van der Waals surface area contributed by atoms with Gasteiger partial charge in [-0.15, -0.1) is 0 Å². The van der Waals surface area contributed by atoms with Crippen LogP contribution in [0.1, 0.15) is 47.7 Å². The van der Waals surface area contributed by atoms with E-state index in [2.05, 4.69) is 15.4 Å². The molecular weight excluding hydrogens is 382 g/mol. The Morgan fingerprint density at radius 3 is 2.70 bits per heavy atom. The van der Waals surface area contributed by atoms with Gasteiger partial charge in [0.05, 0.1) is 18.7 Å². The first-order valence-corrected chi connectivity index (χ1v) is 10.6. The zero-order valence-electron chi connectivity index (χ0n) is 17.9. The van der Waals surface area contributed by atoms with E-state index in [4.69, 9.17) is 4.74 Å². The average molecular weight is 412 g/mol. The third-order valence-corrected chi connectivity index (χ3v) is 6.17. The van der Waals surface area contributed by atoms with Crippen LogP contribution in [0.3, 0.4) is 0 Å². The predicted molar refractivity (Wildman–Crippen MR) is 111 cm³/mol. The number of nitrogens with one attached hydrogen (secondary N) is 1. The fourth-order valence-corrected chi connectivity index (χ4v) is 4.58. The van der Waals surface area contributed by atoms with Crippen LogP contribution >= 0.6 is 0 Å². The molecule has 1 aromatic carbocycles. The van der Waals surface area contributed by atoms with Gasteiger partial charge in [0.15, 0.2) is 0 Å². The number of likely N-dealkylation sites (N-methyl/N-ethyl adjacent to an activating group) is 1. The fraction of sp³-hybridized carbons (Fsp3) is 0.545. The SMILES string of the molecule is Cc1nc(C)n(CCNC(=O)C2CCC3(CC2)CN(C)C(=O)c2ccccc2O3)n1. The molecule has 8 nitrogen and oxygen atoms in total. The Kier molecular flexibility index (Phi) is 5.49. The van der Waals surface area contributed by atoms with E-state index in [1.807, 2.05) is 49.8 Å². The van der Waals surface area contributed by atoms with Crippen molar-refractivity contribution >= 4 is 11.8 Å². The Morgan fingerprint density at radius 1 is 1.27 bits per heavy atom. The number of nitrogens with zero attached hydrogens (tertiary/aromatic N) is 4. The lowest BCUT2D eigenvalue weighted by Gasteiger charge is -2.40. The van der Waals surface area contributed by atoms with Crippen molar-refractivity contribution in [1.29, 1.82) is 0 Å². The van der Waals surface area contributed by atoms with Crippen LogP contribution in [-0.2, 0) is 11.3 Å². The highest BCUT2D eigenvalue weighted by atomic mass is 16.5. The molecular formula is C22H29N5O3. The summed E-state index contributed by atoms with van der Waals surface area (Å²) in [6.45, 7) is 5.46. The minimum atomic E-state index is -0.427. The topological polar surface area (TPSA) is 89.4 Å². The zero-order valence-corrected chi connectivity index (χ0v) is 17.9.